The molecule has 0 unspecified atom stereocenters. The Morgan fingerprint density at radius 3 is 2.40 bits per heavy atom. The standard InChI is InChI=1S/C19H27N3O3/c1-10(2)8-14(18(20)23)21-19(24)17-15(25-3)9-13(11-4-5-11)16(22-17)12-6-7-12/h9-12,14H,4-8H2,1-3H3,(H2,20,23)(H,21,24)/t14-/m0/s1. The quantitative estimate of drug-likeness (QED) is 0.757. The highest BCUT2D eigenvalue weighted by Gasteiger charge is 2.36. The van der Waals surface area contributed by atoms with Gasteiger partial charge in [0, 0.05) is 11.6 Å². The Bertz CT molecular complexity index is 679. The summed E-state index contributed by atoms with van der Waals surface area (Å²) in [5.41, 5.74) is 7.95. The number of ether oxygens (including phenoxy) is 1. The molecule has 0 saturated heterocycles. The van der Waals surface area contributed by atoms with E-state index >= 15 is 0 Å². The van der Waals surface area contributed by atoms with Gasteiger partial charge in [0.15, 0.2) is 11.4 Å². The van der Waals surface area contributed by atoms with Gasteiger partial charge in [-0.25, -0.2) is 4.98 Å². The highest BCUT2D eigenvalue weighted by atomic mass is 16.5. The molecule has 1 heterocycles. The van der Waals surface area contributed by atoms with Crippen LogP contribution >= 0.6 is 0 Å². The van der Waals surface area contributed by atoms with Crippen molar-refractivity contribution >= 4 is 11.8 Å². The zero-order valence-electron chi connectivity index (χ0n) is 15.2. The predicted molar refractivity (Wildman–Crippen MR) is 94.6 cm³/mol. The van der Waals surface area contributed by atoms with Crippen LogP contribution in [0.2, 0.25) is 0 Å². The minimum atomic E-state index is -0.702. The van der Waals surface area contributed by atoms with Gasteiger partial charge >= 0.3 is 0 Å². The fraction of sp³-hybridized carbons (Fsp3) is 0.632. The molecule has 136 valence electrons. The Morgan fingerprint density at radius 2 is 1.92 bits per heavy atom. The molecule has 2 aliphatic carbocycles. The van der Waals surface area contributed by atoms with Gasteiger partial charge in [-0.15, -0.1) is 0 Å². The lowest BCUT2D eigenvalue weighted by molar-refractivity contribution is -0.120. The molecule has 0 aliphatic heterocycles. The molecule has 0 aromatic carbocycles. The Kier molecular flexibility index (Phi) is 4.97. The average Bonchev–Trinajstić information content (AvgIpc) is 3.45. The van der Waals surface area contributed by atoms with E-state index in [2.05, 4.69) is 10.3 Å². The van der Waals surface area contributed by atoms with Crippen molar-refractivity contribution in [1.29, 1.82) is 0 Å². The van der Waals surface area contributed by atoms with Crippen molar-refractivity contribution in [1.82, 2.24) is 10.3 Å². The monoisotopic (exact) mass is 345 g/mol. The number of nitrogens with zero attached hydrogens (tertiary/aromatic N) is 1. The molecule has 0 bridgehead atoms. The molecule has 3 rings (SSSR count). The normalized spacial score (nSPS) is 18.1. The van der Waals surface area contributed by atoms with Crippen molar-refractivity contribution in [3.8, 4) is 5.75 Å². The summed E-state index contributed by atoms with van der Waals surface area (Å²) in [5.74, 6) is 0.788. The van der Waals surface area contributed by atoms with E-state index < -0.39 is 17.9 Å². The van der Waals surface area contributed by atoms with E-state index in [0.717, 1.165) is 18.5 Å². The molecular weight excluding hydrogens is 318 g/mol. The molecule has 25 heavy (non-hydrogen) atoms. The maximum atomic E-state index is 12.8. The van der Waals surface area contributed by atoms with Crippen LogP contribution in [0.1, 0.15) is 79.5 Å². The highest BCUT2D eigenvalue weighted by molar-refractivity contribution is 5.98. The van der Waals surface area contributed by atoms with Gasteiger partial charge < -0.3 is 15.8 Å². The minimum absolute atomic E-state index is 0.243. The number of rotatable bonds is 8. The molecule has 1 aromatic heterocycles. The van der Waals surface area contributed by atoms with Gasteiger partial charge in [-0.1, -0.05) is 13.8 Å². The number of hydrogen-bond donors (Lipinski definition) is 2. The van der Waals surface area contributed by atoms with Gasteiger partial charge in [0.25, 0.3) is 5.91 Å². The van der Waals surface area contributed by atoms with Gasteiger partial charge in [0.05, 0.1) is 7.11 Å². The van der Waals surface area contributed by atoms with Crippen LogP contribution in [0.25, 0.3) is 0 Å². The number of nitrogens with two attached hydrogens (primary N) is 1. The van der Waals surface area contributed by atoms with E-state index in [1.54, 1.807) is 7.11 Å². The second kappa shape index (κ2) is 7.02. The smallest absolute Gasteiger partial charge is 0.274 e. The largest absolute Gasteiger partial charge is 0.494 e. The third kappa shape index (κ3) is 4.11. The van der Waals surface area contributed by atoms with Crippen molar-refractivity contribution in [2.24, 2.45) is 11.7 Å². The summed E-state index contributed by atoms with van der Waals surface area (Å²) in [5, 5.41) is 2.73. The van der Waals surface area contributed by atoms with Crippen molar-refractivity contribution < 1.29 is 14.3 Å². The van der Waals surface area contributed by atoms with Gasteiger partial charge in [-0.2, -0.15) is 0 Å². The number of carbonyl (C=O) groups is 2. The number of primary amides is 1. The zero-order valence-corrected chi connectivity index (χ0v) is 15.2. The fourth-order valence-corrected chi connectivity index (χ4v) is 3.19. The first-order valence-electron chi connectivity index (χ1n) is 9.09. The zero-order chi connectivity index (χ0) is 18.1. The second-order valence-electron chi connectivity index (χ2n) is 7.62. The third-order valence-electron chi connectivity index (χ3n) is 4.82. The lowest BCUT2D eigenvalue weighted by atomic mass is 10.0. The Morgan fingerprint density at radius 1 is 1.28 bits per heavy atom. The minimum Gasteiger partial charge on any atom is -0.494 e. The lowest BCUT2D eigenvalue weighted by Crippen LogP contribution is -2.45. The summed E-state index contributed by atoms with van der Waals surface area (Å²) < 4.78 is 5.42. The van der Waals surface area contributed by atoms with Crippen molar-refractivity contribution in [2.75, 3.05) is 7.11 Å². The fourth-order valence-electron chi connectivity index (χ4n) is 3.19. The summed E-state index contributed by atoms with van der Waals surface area (Å²) in [6, 6.07) is 1.26. The van der Waals surface area contributed by atoms with Crippen LogP contribution < -0.4 is 15.8 Å². The van der Waals surface area contributed by atoms with Gasteiger partial charge in [0.2, 0.25) is 5.91 Å². The number of nitrogens with one attached hydrogen (secondary N) is 1. The van der Waals surface area contributed by atoms with Gasteiger partial charge in [0.1, 0.15) is 6.04 Å². The molecular formula is C19H27N3O3. The molecule has 0 radical (unpaired) electrons. The van der Waals surface area contributed by atoms with Crippen LogP contribution in [0.4, 0.5) is 0 Å². The lowest BCUT2D eigenvalue weighted by Gasteiger charge is -2.19. The first-order valence-corrected chi connectivity index (χ1v) is 9.09. The molecule has 6 heteroatoms. The molecule has 2 amide bonds. The summed E-state index contributed by atoms with van der Waals surface area (Å²) in [6.45, 7) is 3.97. The van der Waals surface area contributed by atoms with Crippen molar-refractivity contribution in [3.63, 3.8) is 0 Å². The number of methoxy groups -OCH3 is 1. The number of pyridine rings is 1. The van der Waals surface area contributed by atoms with Crippen molar-refractivity contribution in [2.45, 2.75) is 63.8 Å². The maximum Gasteiger partial charge on any atom is 0.274 e. The number of carbonyl (C=O) groups excluding carboxylic acids is 2. The van der Waals surface area contributed by atoms with Crippen LogP contribution in [0.5, 0.6) is 5.75 Å². The molecule has 1 atom stereocenters. The molecule has 6 nitrogen and oxygen atoms in total. The molecule has 2 fully saturated rings. The Hall–Kier alpha value is -2.11. The first kappa shape index (κ1) is 17.7. The number of amides is 2. The highest BCUT2D eigenvalue weighted by Crippen LogP contribution is 2.49. The second-order valence-corrected chi connectivity index (χ2v) is 7.62. The molecule has 1 aromatic rings. The van der Waals surface area contributed by atoms with Crippen LogP contribution in [0, 0.1) is 5.92 Å². The van der Waals surface area contributed by atoms with E-state index in [1.165, 1.54) is 18.4 Å². The van der Waals surface area contributed by atoms with Gasteiger partial charge in [-0.05, 0) is 55.6 Å². The average molecular weight is 345 g/mol. The maximum absolute atomic E-state index is 12.8. The summed E-state index contributed by atoms with van der Waals surface area (Å²) in [6.07, 6.45) is 5.09. The molecule has 3 N–H and O–H groups in total. The van der Waals surface area contributed by atoms with Gasteiger partial charge in [-0.3, -0.25) is 9.59 Å². The third-order valence-corrected chi connectivity index (χ3v) is 4.82. The predicted octanol–water partition coefficient (Wildman–Crippen LogP) is 2.47. The van der Waals surface area contributed by atoms with Crippen molar-refractivity contribution in [3.05, 3.63) is 23.0 Å². The SMILES string of the molecule is COc1cc(C2CC2)c(C2CC2)nc1C(=O)N[C@@H](CC(C)C)C(N)=O. The molecule has 2 aliphatic rings. The van der Waals surface area contributed by atoms with E-state index in [9.17, 15) is 9.59 Å². The first-order chi connectivity index (χ1) is 11.9. The summed E-state index contributed by atoms with van der Waals surface area (Å²) >= 11 is 0. The van der Waals surface area contributed by atoms with Crippen LogP contribution in [0.15, 0.2) is 6.07 Å². The van der Waals surface area contributed by atoms with E-state index in [1.807, 2.05) is 19.9 Å². The van der Waals surface area contributed by atoms with Crippen LogP contribution in [-0.4, -0.2) is 29.9 Å². The molecule has 2 saturated carbocycles. The summed E-state index contributed by atoms with van der Waals surface area (Å²) in [4.78, 5) is 29.1. The molecule has 0 spiro atoms. The summed E-state index contributed by atoms with van der Waals surface area (Å²) in [7, 11) is 1.54. The van der Waals surface area contributed by atoms with Crippen LogP contribution in [-0.2, 0) is 4.79 Å². The topological polar surface area (TPSA) is 94.3 Å². The Balaban J connectivity index is 1.88. The van der Waals surface area contributed by atoms with E-state index in [-0.39, 0.29) is 11.6 Å². The van der Waals surface area contributed by atoms with Crippen LogP contribution in [0.3, 0.4) is 0 Å². The van der Waals surface area contributed by atoms with E-state index in [0.29, 0.717) is 24.0 Å². The number of hydrogen-bond acceptors (Lipinski definition) is 4. The van der Waals surface area contributed by atoms with E-state index in [4.69, 9.17) is 10.5 Å². The number of aromatic nitrogens is 1. The Labute approximate surface area is 148 Å².